The number of hydrogen-bond donors (Lipinski definition) is 1. The lowest BCUT2D eigenvalue weighted by Crippen LogP contribution is -2.04. The van der Waals surface area contributed by atoms with Crippen LogP contribution < -0.4 is 4.74 Å². The average molecular weight is 385 g/mol. The lowest BCUT2D eigenvalue weighted by Gasteiger charge is -2.14. The van der Waals surface area contributed by atoms with Gasteiger partial charge in [0.25, 0.3) is 0 Å². The third-order valence-corrected chi connectivity index (χ3v) is 5.01. The number of ether oxygens (including phenoxy) is 2. The number of nitrogens with one attached hydrogen (secondary N) is 1. The molecule has 0 spiro atoms. The van der Waals surface area contributed by atoms with Gasteiger partial charge in [0, 0.05) is 23.9 Å². The van der Waals surface area contributed by atoms with Crippen LogP contribution in [-0.4, -0.2) is 27.3 Å². The van der Waals surface area contributed by atoms with Gasteiger partial charge in [-0.15, -0.1) is 0 Å². The summed E-state index contributed by atoms with van der Waals surface area (Å²) in [6, 6.07) is 18.5. The number of fused-ring (bicyclic) bond motifs is 1. The van der Waals surface area contributed by atoms with Gasteiger partial charge in [0.2, 0.25) is 11.7 Å². The van der Waals surface area contributed by atoms with E-state index in [0.717, 1.165) is 36.0 Å². The highest BCUT2D eigenvalue weighted by molar-refractivity contribution is 6.08. The molecule has 1 aliphatic heterocycles. The fourth-order valence-electron chi connectivity index (χ4n) is 3.54. The van der Waals surface area contributed by atoms with E-state index in [0.29, 0.717) is 23.0 Å². The Labute approximate surface area is 167 Å². The summed E-state index contributed by atoms with van der Waals surface area (Å²) < 4.78 is 11.8. The number of benzene rings is 2. The molecule has 0 amide bonds. The van der Waals surface area contributed by atoms with Gasteiger partial charge in [-0.25, -0.2) is 9.97 Å². The maximum atomic E-state index is 12.8. The van der Waals surface area contributed by atoms with Crippen LogP contribution in [0.4, 0.5) is 0 Å². The third kappa shape index (κ3) is 3.50. The van der Waals surface area contributed by atoms with Crippen molar-refractivity contribution in [3.63, 3.8) is 0 Å². The smallest absolute Gasteiger partial charge is 0.228 e. The number of H-pyrrole nitrogens is 1. The highest BCUT2D eigenvalue weighted by Crippen LogP contribution is 2.35. The number of aromatic amines is 1. The Hall–Kier alpha value is -3.51. The minimum absolute atomic E-state index is 0.0210. The Morgan fingerprint density at radius 1 is 1.07 bits per heavy atom. The van der Waals surface area contributed by atoms with Crippen molar-refractivity contribution < 1.29 is 14.3 Å². The molecule has 0 aliphatic carbocycles. The second-order valence-corrected chi connectivity index (χ2v) is 6.96. The van der Waals surface area contributed by atoms with Crippen LogP contribution in [0.25, 0.3) is 11.0 Å². The van der Waals surface area contributed by atoms with Crippen LogP contribution in [0, 0.1) is 0 Å². The van der Waals surface area contributed by atoms with Gasteiger partial charge in [0.1, 0.15) is 5.75 Å². The van der Waals surface area contributed by atoms with E-state index < -0.39 is 0 Å². The van der Waals surface area contributed by atoms with Crippen molar-refractivity contribution >= 4 is 16.8 Å². The molecule has 144 valence electrons. The predicted molar refractivity (Wildman–Crippen MR) is 108 cm³/mol. The summed E-state index contributed by atoms with van der Waals surface area (Å²) in [5.41, 5.74) is 3.10. The molecule has 5 rings (SSSR count). The number of carbonyl (C=O) groups is 1. The topological polar surface area (TPSA) is 77.1 Å². The maximum Gasteiger partial charge on any atom is 0.228 e. The average Bonchev–Trinajstić information content (AvgIpc) is 3.44. The molecule has 2 aromatic heterocycles. The van der Waals surface area contributed by atoms with Gasteiger partial charge in [0.15, 0.2) is 5.82 Å². The van der Waals surface area contributed by atoms with Gasteiger partial charge in [-0.1, -0.05) is 12.1 Å². The number of ketones is 1. The summed E-state index contributed by atoms with van der Waals surface area (Å²) in [4.78, 5) is 24.6. The number of rotatable bonds is 5. The number of imidazole rings is 1. The Bertz CT molecular complexity index is 1130. The standard InChI is InChI=1S/C23H19N3O3/c27-21(22-25-18-6-1-2-7-19(18)26-22)15-9-11-16(12-10-15)29-23-17(5-3-13-24-23)20-8-4-14-28-20/h1-3,5-7,9-13,20H,4,8,14H2,(H,25,26)/t20-/m1/s1. The van der Waals surface area contributed by atoms with Gasteiger partial charge in [-0.2, -0.15) is 0 Å². The van der Waals surface area contributed by atoms with Crippen molar-refractivity contribution in [3.8, 4) is 11.6 Å². The summed E-state index contributed by atoms with van der Waals surface area (Å²) >= 11 is 0. The summed E-state index contributed by atoms with van der Waals surface area (Å²) in [5.74, 6) is 1.32. The number of para-hydroxylation sites is 2. The normalized spacial score (nSPS) is 16.2. The molecular weight excluding hydrogens is 366 g/mol. The van der Waals surface area contributed by atoms with E-state index in [2.05, 4.69) is 15.0 Å². The number of nitrogens with zero attached hydrogens (tertiary/aromatic N) is 2. The second kappa shape index (κ2) is 7.48. The largest absolute Gasteiger partial charge is 0.439 e. The van der Waals surface area contributed by atoms with Gasteiger partial charge in [-0.3, -0.25) is 4.79 Å². The van der Waals surface area contributed by atoms with E-state index in [4.69, 9.17) is 9.47 Å². The Morgan fingerprint density at radius 3 is 2.72 bits per heavy atom. The van der Waals surface area contributed by atoms with E-state index in [9.17, 15) is 4.79 Å². The molecule has 6 nitrogen and oxygen atoms in total. The molecule has 0 bridgehead atoms. The van der Waals surface area contributed by atoms with Crippen molar-refractivity contribution in [3.05, 3.63) is 83.8 Å². The second-order valence-electron chi connectivity index (χ2n) is 6.96. The zero-order valence-electron chi connectivity index (χ0n) is 15.7. The molecule has 1 N–H and O–H groups in total. The fourth-order valence-corrected chi connectivity index (χ4v) is 3.54. The summed E-state index contributed by atoms with van der Waals surface area (Å²) in [6.45, 7) is 0.762. The van der Waals surface area contributed by atoms with Crippen molar-refractivity contribution in [2.45, 2.75) is 18.9 Å². The predicted octanol–water partition coefficient (Wildman–Crippen LogP) is 4.83. The Kier molecular flexibility index (Phi) is 4.54. The minimum Gasteiger partial charge on any atom is -0.439 e. The monoisotopic (exact) mass is 385 g/mol. The van der Waals surface area contributed by atoms with Crippen LogP contribution >= 0.6 is 0 Å². The first-order chi connectivity index (χ1) is 14.3. The number of carbonyl (C=O) groups excluding carboxylic acids is 1. The molecule has 1 fully saturated rings. The van der Waals surface area contributed by atoms with E-state index in [-0.39, 0.29) is 11.9 Å². The molecule has 1 atom stereocenters. The van der Waals surface area contributed by atoms with E-state index >= 15 is 0 Å². The highest BCUT2D eigenvalue weighted by atomic mass is 16.5. The van der Waals surface area contributed by atoms with Gasteiger partial charge in [-0.05, 0) is 61.4 Å². The zero-order valence-corrected chi connectivity index (χ0v) is 15.7. The highest BCUT2D eigenvalue weighted by Gasteiger charge is 2.22. The number of hydrogen-bond acceptors (Lipinski definition) is 5. The van der Waals surface area contributed by atoms with E-state index in [1.807, 2.05) is 36.4 Å². The van der Waals surface area contributed by atoms with Crippen molar-refractivity contribution in [2.24, 2.45) is 0 Å². The molecule has 1 aliphatic rings. The SMILES string of the molecule is O=C(c1ccc(Oc2ncccc2[C@H]2CCCO2)cc1)c1nc2ccccc2[nH]1. The minimum atomic E-state index is -0.161. The molecule has 2 aromatic carbocycles. The molecule has 29 heavy (non-hydrogen) atoms. The zero-order chi connectivity index (χ0) is 19.6. The van der Waals surface area contributed by atoms with Crippen molar-refractivity contribution in [2.75, 3.05) is 6.61 Å². The van der Waals surface area contributed by atoms with E-state index in [1.54, 1.807) is 30.5 Å². The van der Waals surface area contributed by atoms with Crippen LogP contribution in [0.2, 0.25) is 0 Å². The van der Waals surface area contributed by atoms with Gasteiger partial charge >= 0.3 is 0 Å². The van der Waals surface area contributed by atoms with Crippen LogP contribution in [-0.2, 0) is 4.74 Å². The Morgan fingerprint density at radius 2 is 1.93 bits per heavy atom. The summed E-state index contributed by atoms with van der Waals surface area (Å²) in [5, 5.41) is 0. The van der Waals surface area contributed by atoms with Gasteiger partial charge < -0.3 is 14.5 Å². The van der Waals surface area contributed by atoms with Crippen molar-refractivity contribution in [1.29, 1.82) is 0 Å². The van der Waals surface area contributed by atoms with Crippen molar-refractivity contribution in [1.82, 2.24) is 15.0 Å². The summed E-state index contributed by atoms with van der Waals surface area (Å²) in [6.07, 6.45) is 3.73. The lowest BCUT2D eigenvalue weighted by molar-refractivity contribution is 0.103. The quantitative estimate of drug-likeness (QED) is 0.498. The van der Waals surface area contributed by atoms with Crippen LogP contribution in [0.5, 0.6) is 11.6 Å². The van der Waals surface area contributed by atoms with Crippen LogP contribution in [0.1, 0.15) is 40.7 Å². The van der Waals surface area contributed by atoms with Gasteiger partial charge in [0.05, 0.1) is 17.1 Å². The molecule has 0 unspecified atom stereocenters. The fraction of sp³-hybridized carbons (Fsp3) is 0.174. The number of aromatic nitrogens is 3. The maximum absolute atomic E-state index is 12.8. The lowest BCUT2D eigenvalue weighted by atomic mass is 10.1. The Balaban J connectivity index is 1.36. The molecule has 0 radical (unpaired) electrons. The van der Waals surface area contributed by atoms with E-state index in [1.165, 1.54) is 0 Å². The molecule has 3 heterocycles. The first kappa shape index (κ1) is 17.6. The molecule has 4 aromatic rings. The van der Waals surface area contributed by atoms with Crippen LogP contribution in [0.15, 0.2) is 66.9 Å². The first-order valence-electron chi connectivity index (χ1n) is 9.62. The third-order valence-electron chi connectivity index (χ3n) is 5.01. The van der Waals surface area contributed by atoms with Crippen LogP contribution in [0.3, 0.4) is 0 Å². The molecule has 0 saturated carbocycles. The summed E-state index contributed by atoms with van der Waals surface area (Å²) in [7, 11) is 0. The molecular formula is C23H19N3O3. The molecule has 6 heteroatoms. The first-order valence-corrected chi connectivity index (χ1v) is 9.62. The molecule has 1 saturated heterocycles. The number of pyridine rings is 1.